The number of benzene rings is 2. The third-order valence-electron chi connectivity index (χ3n) is 3.63. The first-order valence-corrected chi connectivity index (χ1v) is 6.94. The van der Waals surface area contributed by atoms with Crippen molar-refractivity contribution in [2.75, 3.05) is 5.32 Å². The van der Waals surface area contributed by atoms with E-state index in [1.54, 1.807) is 12.4 Å². The van der Waals surface area contributed by atoms with Crippen molar-refractivity contribution in [2.24, 2.45) is 0 Å². The fraction of sp³-hybridized carbons (Fsp3) is 0.111. The van der Waals surface area contributed by atoms with Crippen molar-refractivity contribution in [2.45, 2.75) is 12.8 Å². The van der Waals surface area contributed by atoms with Gasteiger partial charge in [0.25, 0.3) is 0 Å². The minimum Gasteiger partial charge on any atom is -0.325 e. The molecule has 21 heavy (non-hydrogen) atoms. The van der Waals surface area contributed by atoms with Gasteiger partial charge in [0.05, 0.1) is 5.92 Å². The molecule has 0 radical (unpaired) electrons. The van der Waals surface area contributed by atoms with E-state index >= 15 is 0 Å². The average molecular weight is 276 g/mol. The average Bonchev–Trinajstić information content (AvgIpc) is 2.55. The minimum absolute atomic E-state index is 0.00878. The first kappa shape index (κ1) is 13.3. The van der Waals surface area contributed by atoms with E-state index in [0.717, 1.165) is 22.0 Å². The molecule has 0 saturated heterocycles. The number of nitrogens with one attached hydrogen (secondary N) is 1. The summed E-state index contributed by atoms with van der Waals surface area (Å²) in [6.07, 6.45) is 3.53. The summed E-state index contributed by atoms with van der Waals surface area (Å²) in [5, 5.41) is 5.03. The Bertz CT molecular complexity index is 763. The summed E-state index contributed by atoms with van der Waals surface area (Å²) in [5.41, 5.74) is 1.83. The minimum atomic E-state index is -0.191. The topological polar surface area (TPSA) is 42.0 Å². The Morgan fingerprint density at radius 1 is 1.05 bits per heavy atom. The molecular weight excluding hydrogens is 260 g/mol. The number of carbonyl (C=O) groups is 1. The van der Waals surface area contributed by atoms with Crippen LogP contribution in [0.2, 0.25) is 0 Å². The molecule has 1 amide bonds. The van der Waals surface area contributed by atoms with Crippen LogP contribution in [0.1, 0.15) is 18.4 Å². The van der Waals surface area contributed by atoms with Gasteiger partial charge in [0, 0.05) is 28.9 Å². The molecule has 3 aromatic rings. The lowest BCUT2D eigenvalue weighted by atomic mass is 10.0. The second-order valence-electron chi connectivity index (χ2n) is 5.02. The van der Waals surface area contributed by atoms with Gasteiger partial charge in [0.2, 0.25) is 5.91 Å². The zero-order valence-electron chi connectivity index (χ0n) is 11.8. The molecule has 1 aromatic heterocycles. The van der Waals surface area contributed by atoms with Crippen LogP contribution < -0.4 is 5.32 Å². The Balaban J connectivity index is 1.87. The zero-order chi connectivity index (χ0) is 14.7. The first-order chi connectivity index (χ1) is 10.3. The molecule has 1 unspecified atom stereocenters. The van der Waals surface area contributed by atoms with Crippen molar-refractivity contribution in [3.8, 4) is 0 Å². The number of aromatic nitrogens is 1. The normalized spacial score (nSPS) is 12.0. The molecule has 0 aliphatic rings. The molecule has 0 spiro atoms. The molecule has 1 N–H and O–H groups in total. The Hall–Kier alpha value is -2.68. The summed E-state index contributed by atoms with van der Waals surface area (Å²) in [6, 6.07) is 17.5. The van der Waals surface area contributed by atoms with Crippen LogP contribution in [-0.4, -0.2) is 10.9 Å². The highest BCUT2D eigenvalue weighted by atomic mass is 16.1. The van der Waals surface area contributed by atoms with Crippen molar-refractivity contribution in [3.63, 3.8) is 0 Å². The van der Waals surface area contributed by atoms with Gasteiger partial charge in [0.1, 0.15) is 0 Å². The highest BCUT2D eigenvalue weighted by molar-refractivity contribution is 6.03. The summed E-state index contributed by atoms with van der Waals surface area (Å²) in [5.74, 6) is -0.200. The third-order valence-corrected chi connectivity index (χ3v) is 3.63. The molecule has 0 saturated carbocycles. The fourth-order valence-electron chi connectivity index (χ4n) is 2.37. The molecule has 2 aromatic carbocycles. The summed E-state index contributed by atoms with van der Waals surface area (Å²) in [7, 11) is 0. The van der Waals surface area contributed by atoms with Crippen molar-refractivity contribution < 1.29 is 4.79 Å². The lowest BCUT2D eigenvalue weighted by molar-refractivity contribution is -0.117. The SMILES string of the molecule is CC(C(=O)Nc1cccc2cnccc12)c1ccccc1. The molecule has 104 valence electrons. The quantitative estimate of drug-likeness (QED) is 0.786. The molecule has 1 atom stereocenters. The van der Waals surface area contributed by atoms with E-state index in [0.29, 0.717) is 0 Å². The van der Waals surface area contributed by atoms with E-state index in [1.807, 2.05) is 61.5 Å². The number of anilines is 1. The van der Waals surface area contributed by atoms with Gasteiger partial charge >= 0.3 is 0 Å². The van der Waals surface area contributed by atoms with Crippen molar-refractivity contribution in [1.82, 2.24) is 4.98 Å². The number of carbonyl (C=O) groups excluding carboxylic acids is 1. The van der Waals surface area contributed by atoms with Gasteiger partial charge in [-0.2, -0.15) is 0 Å². The molecule has 0 bridgehead atoms. The number of rotatable bonds is 3. The highest BCUT2D eigenvalue weighted by Crippen LogP contribution is 2.24. The van der Waals surface area contributed by atoms with E-state index in [-0.39, 0.29) is 11.8 Å². The monoisotopic (exact) mass is 276 g/mol. The molecular formula is C18H16N2O. The van der Waals surface area contributed by atoms with Crippen LogP contribution in [0.3, 0.4) is 0 Å². The van der Waals surface area contributed by atoms with Crippen LogP contribution >= 0.6 is 0 Å². The van der Waals surface area contributed by atoms with Gasteiger partial charge in [-0.25, -0.2) is 0 Å². The van der Waals surface area contributed by atoms with E-state index in [1.165, 1.54) is 0 Å². The van der Waals surface area contributed by atoms with Crippen LogP contribution in [0.5, 0.6) is 0 Å². The van der Waals surface area contributed by atoms with Crippen molar-refractivity contribution >= 4 is 22.4 Å². The van der Waals surface area contributed by atoms with Crippen LogP contribution in [0, 0.1) is 0 Å². The Kier molecular flexibility index (Phi) is 3.65. The zero-order valence-corrected chi connectivity index (χ0v) is 11.8. The van der Waals surface area contributed by atoms with Crippen LogP contribution in [0.25, 0.3) is 10.8 Å². The van der Waals surface area contributed by atoms with Crippen LogP contribution in [0.15, 0.2) is 67.0 Å². The predicted octanol–water partition coefficient (Wildman–Crippen LogP) is 3.98. The molecule has 0 aliphatic heterocycles. The van der Waals surface area contributed by atoms with Crippen molar-refractivity contribution in [3.05, 3.63) is 72.6 Å². The number of hydrogen-bond acceptors (Lipinski definition) is 2. The number of hydrogen-bond donors (Lipinski definition) is 1. The Morgan fingerprint density at radius 3 is 2.67 bits per heavy atom. The Morgan fingerprint density at radius 2 is 1.86 bits per heavy atom. The molecule has 3 rings (SSSR count). The van der Waals surface area contributed by atoms with Gasteiger partial charge in [-0.15, -0.1) is 0 Å². The largest absolute Gasteiger partial charge is 0.325 e. The standard InChI is InChI=1S/C18H16N2O/c1-13(14-6-3-2-4-7-14)18(21)20-17-9-5-8-15-12-19-11-10-16(15)17/h2-13H,1H3,(H,20,21). The van der Waals surface area contributed by atoms with E-state index in [9.17, 15) is 4.79 Å². The second kappa shape index (κ2) is 5.75. The van der Waals surface area contributed by atoms with E-state index in [4.69, 9.17) is 0 Å². The molecule has 0 fully saturated rings. The van der Waals surface area contributed by atoms with Gasteiger partial charge < -0.3 is 5.32 Å². The fourth-order valence-corrected chi connectivity index (χ4v) is 2.37. The van der Waals surface area contributed by atoms with Gasteiger partial charge in [-0.05, 0) is 24.6 Å². The van der Waals surface area contributed by atoms with Gasteiger partial charge in [0.15, 0.2) is 0 Å². The first-order valence-electron chi connectivity index (χ1n) is 6.94. The Labute approximate surface area is 123 Å². The second-order valence-corrected chi connectivity index (χ2v) is 5.02. The molecule has 0 aliphatic carbocycles. The van der Waals surface area contributed by atoms with E-state index < -0.39 is 0 Å². The number of pyridine rings is 1. The maximum Gasteiger partial charge on any atom is 0.231 e. The summed E-state index contributed by atoms with van der Waals surface area (Å²) < 4.78 is 0. The van der Waals surface area contributed by atoms with Gasteiger partial charge in [-0.3, -0.25) is 9.78 Å². The lowest BCUT2D eigenvalue weighted by Crippen LogP contribution is -2.18. The molecule has 3 nitrogen and oxygen atoms in total. The third kappa shape index (κ3) is 2.77. The number of fused-ring (bicyclic) bond motifs is 1. The number of amides is 1. The molecule has 3 heteroatoms. The van der Waals surface area contributed by atoms with Gasteiger partial charge in [-0.1, -0.05) is 42.5 Å². The lowest BCUT2D eigenvalue weighted by Gasteiger charge is -2.14. The maximum absolute atomic E-state index is 12.4. The summed E-state index contributed by atoms with van der Waals surface area (Å²) in [4.78, 5) is 16.5. The summed E-state index contributed by atoms with van der Waals surface area (Å²) in [6.45, 7) is 1.91. The van der Waals surface area contributed by atoms with Crippen LogP contribution in [0.4, 0.5) is 5.69 Å². The van der Waals surface area contributed by atoms with Crippen LogP contribution in [-0.2, 0) is 4.79 Å². The van der Waals surface area contributed by atoms with E-state index in [2.05, 4.69) is 10.3 Å². The smallest absolute Gasteiger partial charge is 0.231 e. The summed E-state index contributed by atoms with van der Waals surface area (Å²) >= 11 is 0. The molecule has 1 heterocycles. The number of nitrogens with zero attached hydrogens (tertiary/aromatic N) is 1. The highest BCUT2D eigenvalue weighted by Gasteiger charge is 2.15. The predicted molar refractivity (Wildman–Crippen MR) is 85.2 cm³/mol. The van der Waals surface area contributed by atoms with Crippen molar-refractivity contribution in [1.29, 1.82) is 0 Å². The maximum atomic E-state index is 12.4.